The van der Waals surface area contributed by atoms with E-state index >= 15 is 0 Å². The second kappa shape index (κ2) is 8.58. The first-order valence-corrected chi connectivity index (χ1v) is 11.7. The highest BCUT2D eigenvalue weighted by Gasteiger charge is 2.25. The van der Waals surface area contributed by atoms with Crippen LogP contribution in [0.4, 0.5) is 5.69 Å². The lowest BCUT2D eigenvalue weighted by Gasteiger charge is -2.34. The molecule has 2 fully saturated rings. The van der Waals surface area contributed by atoms with Gasteiger partial charge in [0.05, 0.1) is 18.4 Å². The number of nitrogens with one attached hydrogen (secondary N) is 1. The number of fused-ring (bicyclic) bond motifs is 1. The predicted octanol–water partition coefficient (Wildman–Crippen LogP) is 3.20. The van der Waals surface area contributed by atoms with Gasteiger partial charge >= 0.3 is 0 Å². The standard InChI is InChI=1S/C24H32N6O2/c1-16-25-21(17-7-5-4-6-8-17)22-24(31)26-23(27-30(16)22)19-10-9-18(15-20(19)32-3)29-13-11-28(2)12-14-29/h9-10,15,17H,4-8,11-14H2,1-3H3,(H,26,27,31). The third kappa shape index (κ3) is 3.77. The Balaban J connectivity index is 1.53. The van der Waals surface area contributed by atoms with Gasteiger partial charge in [0.25, 0.3) is 5.56 Å². The number of hydrogen-bond acceptors (Lipinski definition) is 6. The Morgan fingerprint density at radius 1 is 1.09 bits per heavy atom. The number of anilines is 1. The number of methoxy groups -OCH3 is 1. The number of imidazole rings is 1. The molecule has 1 saturated carbocycles. The quantitative estimate of drug-likeness (QED) is 0.677. The van der Waals surface area contributed by atoms with E-state index < -0.39 is 0 Å². The number of aromatic nitrogens is 4. The molecule has 1 saturated heterocycles. The minimum atomic E-state index is -0.138. The molecule has 0 radical (unpaired) electrons. The summed E-state index contributed by atoms with van der Waals surface area (Å²) in [5.74, 6) is 2.30. The van der Waals surface area contributed by atoms with Gasteiger partial charge in [-0.1, -0.05) is 19.3 Å². The topological polar surface area (TPSA) is 78.8 Å². The van der Waals surface area contributed by atoms with E-state index in [-0.39, 0.29) is 5.56 Å². The van der Waals surface area contributed by atoms with Crippen molar-refractivity contribution in [2.24, 2.45) is 0 Å². The van der Waals surface area contributed by atoms with Crippen LogP contribution in [0.3, 0.4) is 0 Å². The van der Waals surface area contributed by atoms with Crippen molar-refractivity contribution in [1.82, 2.24) is 24.5 Å². The summed E-state index contributed by atoms with van der Waals surface area (Å²) >= 11 is 0. The maximum Gasteiger partial charge on any atom is 0.277 e. The van der Waals surface area contributed by atoms with E-state index in [1.807, 2.05) is 19.1 Å². The number of rotatable bonds is 4. The Hall–Kier alpha value is -2.87. The van der Waals surface area contributed by atoms with Crippen LogP contribution >= 0.6 is 0 Å². The van der Waals surface area contributed by atoms with Crippen molar-refractivity contribution in [3.63, 3.8) is 0 Å². The van der Waals surface area contributed by atoms with Gasteiger partial charge in [-0.3, -0.25) is 4.79 Å². The summed E-state index contributed by atoms with van der Waals surface area (Å²) in [6.07, 6.45) is 5.85. The molecule has 1 N–H and O–H groups in total. The molecule has 32 heavy (non-hydrogen) atoms. The van der Waals surface area contributed by atoms with Crippen LogP contribution in [0.1, 0.15) is 49.5 Å². The van der Waals surface area contributed by atoms with Gasteiger partial charge in [0, 0.05) is 43.9 Å². The van der Waals surface area contributed by atoms with Gasteiger partial charge in [0.15, 0.2) is 11.3 Å². The van der Waals surface area contributed by atoms with E-state index in [1.54, 1.807) is 11.6 Å². The van der Waals surface area contributed by atoms with Gasteiger partial charge in [0.2, 0.25) is 0 Å². The molecule has 3 aromatic rings. The SMILES string of the molecule is COc1cc(N2CCN(C)CC2)ccc1-c1nn2c(C)nc(C3CCCCC3)c2c(=O)[nH]1. The van der Waals surface area contributed by atoms with Gasteiger partial charge in [-0.05, 0) is 38.9 Å². The van der Waals surface area contributed by atoms with Crippen molar-refractivity contribution in [3.8, 4) is 17.1 Å². The zero-order chi connectivity index (χ0) is 22.2. The zero-order valence-electron chi connectivity index (χ0n) is 19.2. The third-order valence-electron chi connectivity index (χ3n) is 6.99. The smallest absolute Gasteiger partial charge is 0.277 e. The summed E-state index contributed by atoms with van der Waals surface area (Å²) < 4.78 is 7.43. The Labute approximate surface area is 188 Å². The molecular formula is C24H32N6O2. The molecule has 0 atom stereocenters. The Kier molecular flexibility index (Phi) is 5.63. The number of H-pyrrole nitrogens is 1. The van der Waals surface area contributed by atoms with Crippen molar-refractivity contribution in [1.29, 1.82) is 0 Å². The van der Waals surface area contributed by atoms with Crippen molar-refractivity contribution in [3.05, 3.63) is 40.1 Å². The largest absolute Gasteiger partial charge is 0.496 e. The second-order valence-electron chi connectivity index (χ2n) is 9.12. The fourth-order valence-corrected chi connectivity index (χ4v) is 5.09. The van der Waals surface area contributed by atoms with Gasteiger partial charge in [-0.25, -0.2) is 9.50 Å². The number of piperazine rings is 1. The number of benzene rings is 1. The number of likely N-dealkylation sites (N-methyl/N-ethyl adjacent to an activating group) is 1. The third-order valence-corrected chi connectivity index (χ3v) is 6.99. The molecule has 0 bridgehead atoms. The van der Waals surface area contributed by atoms with Crippen LogP contribution in [0.2, 0.25) is 0 Å². The van der Waals surface area contributed by atoms with Crippen LogP contribution in [-0.2, 0) is 0 Å². The number of aromatic amines is 1. The Morgan fingerprint density at radius 3 is 2.56 bits per heavy atom. The summed E-state index contributed by atoms with van der Waals surface area (Å²) in [6.45, 7) is 5.97. The van der Waals surface area contributed by atoms with E-state index in [9.17, 15) is 4.79 Å². The van der Waals surface area contributed by atoms with Gasteiger partial charge in [0.1, 0.15) is 11.6 Å². The summed E-state index contributed by atoms with van der Waals surface area (Å²) in [7, 11) is 3.81. The average Bonchev–Trinajstić information content (AvgIpc) is 3.16. The van der Waals surface area contributed by atoms with Crippen LogP contribution in [0, 0.1) is 6.92 Å². The first-order chi connectivity index (χ1) is 15.5. The molecule has 1 aliphatic heterocycles. The normalized spacial score (nSPS) is 18.4. The first-order valence-electron chi connectivity index (χ1n) is 11.7. The molecule has 0 spiro atoms. The number of ether oxygens (including phenoxy) is 1. The molecule has 1 aromatic carbocycles. The molecule has 0 amide bonds. The minimum Gasteiger partial charge on any atom is -0.496 e. The molecule has 5 rings (SSSR count). The summed E-state index contributed by atoms with van der Waals surface area (Å²) in [5, 5.41) is 4.78. The highest BCUT2D eigenvalue weighted by atomic mass is 16.5. The van der Waals surface area contributed by atoms with Crippen LogP contribution in [0.15, 0.2) is 23.0 Å². The summed E-state index contributed by atoms with van der Waals surface area (Å²) in [5.41, 5.74) is 3.25. The lowest BCUT2D eigenvalue weighted by molar-refractivity contribution is 0.312. The summed E-state index contributed by atoms with van der Waals surface area (Å²) in [6, 6.07) is 6.12. The fourth-order valence-electron chi connectivity index (χ4n) is 5.09. The molecule has 2 aromatic heterocycles. The fraction of sp³-hybridized carbons (Fsp3) is 0.542. The van der Waals surface area contributed by atoms with Crippen molar-refractivity contribution < 1.29 is 4.74 Å². The monoisotopic (exact) mass is 436 g/mol. The maximum atomic E-state index is 13.2. The minimum absolute atomic E-state index is 0.138. The molecule has 170 valence electrons. The van der Waals surface area contributed by atoms with Gasteiger partial charge in [-0.15, -0.1) is 5.10 Å². The Morgan fingerprint density at radius 2 is 1.84 bits per heavy atom. The first kappa shape index (κ1) is 21.0. The van der Waals surface area contributed by atoms with E-state index in [0.29, 0.717) is 23.0 Å². The van der Waals surface area contributed by atoms with E-state index in [1.165, 1.54) is 19.3 Å². The van der Waals surface area contributed by atoms with Crippen LogP contribution < -0.4 is 15.2 Å². The van der Waals surface area contributed by atoms with E-state index in [2.05, 4.69) is 27.9 Å². The second-order valence-corrected chi connectivity index (χ2v) is 9.12. The van der Waals surface area contributed by atoms with Crippen LogP contribution in [0.25, 0.3) is 16.9 Å². The molecule has 2 aliphatic rings. The molecule has 0 unspecified atom stereocenters. The molecule has 8 nitrogen and oxygen atoms in total. The van der Waals surface area contributed by atoms with Crippen LogP contribution in [0.5, 0.6) is 5.75 Å². The van der Waals surface area contributed by atoms with Crippen molar-refractivity contribution in [2.45, 2.75) is 44.9 Å². The van der Waals surface area contributed by atoms with E-state index in [4.69, 9.17) is 14.8 Å². The zero-order valence-corrected chi connectivity index (χ0v) is 19.2. The molecule has 8 heteroatoms. The van der Waals surface area contributed by atoms with Crippen LogP contribution in [-0.4, -0.2) is 64.8 Å². The lowest BCUT2D eigenvalue weighted by atomic mass is 9.87. The number of nitrogens with zero attached hydrogens (tertiary/aromatic N) is 5. The number of aryl methyl sites for hydroxylation is 1. The molecule has 1 aliphatic carbocycles. The van der Waals surface area contributed by atoms with Gasteiger partial charge < -0.3 is 19.5 Å². The Bertz CT molecular complexity index is 1170. The maximum absolute atomic E-state index is 13.2. The average molecular weight is 437 g/mol. The van der Waals surface area contributed by atoms with E-state index in [0.717, 1.165) is 61.8 Å². The summed E-state index contributed by atoms with van der Waals surface area (Å²) in [4.78, 5) is 25.7. The molecular weight excluding hydrogens is 404 g/mol. The van der Waals surface area contributed by atoms with Crippen molar-refractivity contribution >= 4 is 11.2 Å². The van der Waals surface area contributed by atoms with Crippen molar-refractivity contribution in [2.75, 3.05) is 45.2 Å². The number of hydrogen-bond donors (Lipinski definition) is 1. The lowest BCUT2D eigenvalue weighted by Crippen LogP contribution is -2.44. The highest BCUT2D eigenvalue weighted by molar-refractivity contribution is 5.70. The highest BCUT2D eigenvalue weighted by Crippen LogP contribution is 2.35. The predicted molar refractivity (Wildman–Crippen MR) is 126 cm³/mol. The molecule has 3 heterocycles. The van der Waals surface area contributed by atoms with Gasteiger partial charge in [-0.2, -0.15) is 0 Å².